The van der Waals surface area contributed by atoms with E-state index in [9.17, 15) is 9.18 Å². The highest BCUT2D eigenvalue weighted by molar-refractivity contribution is 5.93. The lowest BCUT2D eigenvalue weighted by molar-refractivity contribution is -0.138. The van der Waals surface area contributed by atoms with Crippen LogP contribution < -0.4 is 4.74 Å². The maximum Gasteiger partial charge on any atom is 0.166 e. The standard InChI is InChI=1S/C36H35F2N3O3/c1-20-26-13-10-18-43-34(26)28(38)19-27(20)32-29(33(22(3)42)44-36(4,5)6)21(2)39-35-30(23-14-16-25(37)17-15-23)31(40-41(32)35)24-11-8-7-9-12-24/h7-9,11-12,14-17,19,33H,10,13,18H2,1-6H3. The van der Waals surface area contributed by atoms with Gasteiger partial charge in [0.05, 0.1) is 23.5 Å². The highest BCUT2D eigenvalue weighted by atomic mass is 19.1. The van der Waals surface area contributed by atoms with Crippen LogP contribution in [0.25, 0.3) is 39.3 Å². The van der Waals surface area contributed by atoms with Crippen molar-refractivity contribution < 1.29 is 23.0 Å². The van der Waals surface area contributed by atoms with Crippen molar-refractivity contribution in [2.45, 2.75) is 66.1 Å². The first kappa shape index (κ1) is 29.6. The molecule has 44 heavy (non-hydrogen) atoms. The summed E-state index contributed by atoms with van der Waals surface area (Å²) >= 11 is 0. The van der Waals surface area contributed by atoms with Crippen LogP contribution in [0.3, 0.4) is 0 Å². The highest BCUT2D eigenvalue weighted by Gasteiger charge is 2.34. The van der Waals surface area contributed by atoms with Crippen LogP contribution >= 0.6 is 0 Å². The first-order valence-electron chi connectivity index (χ1n) is 14.8. The summed E-state index contributed by atoms with van der Waals surface area (Å²) in [5.74, 6) is -0.768. The van der Waals surface area contributed by atoms with E-state index < -0.39 is 17.5 Å². The predicted octanol–water partition coefficient (Wildman–Crippen LogP) is 8.40. The second-order valence-corrected chi connectivity index (χ2v) is 12.3. The van der Waals surface area contributed by atoms with Gasteiger partial charge in [-0.25, -0.2) is 18.3 Å². The van der Waals surface area contributed by atoms with E-state index in [1.165, 1.54) is 25.1 Å². The van der Waals surface area contributed by atoms with Crippen LogP contribution in [-0.4, -0.2) is 32.6 Å². The normalized spacial score (nSPS) is 13.9. The van der Waals surface area contributed by atoms with E-state index >= 15 is 4.39 Å². The summed E-state index contributed by atoms with van der Waals surface area (Å²) in [6.45, 7) is 11.4. The molecule has 1 unspecified atom stereocenters. The van der Waals surface area contributed by atoms with E-state index in [4.69, 9.17) is 19.6 Å². The summed E-state index contributed by atoms with van der Waals surface area (Å²) in [6, 6.07) is 17.3. The predicted molar refractivity (Wildman–Crippen MR) is 167 cm³/mol. The second kappa shape index (κ2) is 11.2. The molecule has 2 aromatic heterocycles. The monoisotopic (exact) mass is 595 g/mol. The summed E-state index contributed by atoms with van der Waals surface area (Å²) in [7, 11) is 0. The number of hydrogen-bond donors (Lipinski definition) is 0. The summed E-state index contributed by atoms with van der Waals surface area (Å²) in [5.41, 5.74) is 6.51. The Kier molecular flexibility index (Phi) is 7.58. The Hall–Kier alpha value is -4.43. The molecule has 5 aromatic rings. The fraction of sp³-hybridized carbons (Fsp3) is 0.306. The van der Waals surface area contributed by atoms with Crippen LogP contribution in [0.5, 0.6) is 5.75 Å². The van der Waals surface area contributed by atoms with Crippen molar-refractivity contribution in [3.8, 4) is 39.4 Å². The number of Topliss-reactive ketones (excluding diaryl/α,β-unsaturated/α-hetero) is 1. The Labute approximate surface area is 255 Å². The van der Waals surface area contributed by atoms with Crippen LogP contribution in [0.2, 0.25) is 0 Å². The molecule has 0 fully saturated rings. The zero-order valence-corrected chi connectivity index (χ0v) is 25.8. The molecule has 6 nitrogen and oxygen atoms in total. The zero-order valence-electron chi connectivity index (χ0n) is 25.8. The number of hydrogen-bond acceptors (Lipinski definition) is 5. The Bertz CT molecular complexity index is 1890. The van der Waals surface area contributed by atoms with Crippen molar-refractivity contribution in [2.75, 3.05) is 6.61 Å². The lowest BCUT2D eigenvalue weighted by Crippen LogP contribution is -2.28. The molecule has 1 atom stereocenters. The van der Waals surface area contributed by atoms with Crippen molar-refractivity contribution in [3.63, 3.8) is 0 Å². The fourth-order valence-corrected chi connectivity index (χ4v) is 6.03. The van der Waals surface area contributed by atoms with Gasteiger partial charge in [0.15, 0.2) is 23.0 Å². The summed E-state index contributed by atoms with van der Waals surface area (Å²) < 4.78 is 43.7. The van der Waals surface area contributed by atoms with E-state index in [0.29, 0.717) is 52.4 Å². The number of aromatic nitrogens is 3. The number of halogens is 2. The molecule has 0 amide bonds. The van der Waals surface area contributed by atoms with Crippen molar-refractivity contribution in [3.05, 3.63) is 94.7 Å². The number of rotatable bonds is 6. The molecule has 1 aliphatic rings. The lowest BCUT2D eigenvalue weighted by atomic mass is 9.90. The van der Waals surface area contributed by atoms with E-state index in [2.05, 4.69) is 0 Å². The molecule has 3 heterocycles. The summed E-state index contributed by atoms with van der Waals surface area (Å²) in [5, 5.41) is 5.12. The Morgan fingerprint density at radius 2 is 1.73 bits per heavy atom. The number of aryl methyl sites for hydroxylation is 1. The summed E-state index contributed by atoms with van der Waals surface area (Å²) in [6.07, 6.45) is 0.445. The number of fused-ring (bicyclic) bond motifs is 2. The van der Waals surface area contributed by atoms with Gasteiger partial charge in [-0.15, -0.1) is 0 Å². The van der Waals surface area contributed by atoms with Gasteiger partial charge in [0.1, 0.15) is 17.6 Å². The third kappa shape index (κ3) is 5.28. The van der Waals surface area contributed by atoms with E-state index in [1.807, 2.05) is 65.0 Å². The van der Waals surface area contributed by atoms with Gasteiger partial charge < -0.3 is 9.47 Å². The number of nitrogens with zero attached hydrogens (tertiary/aromatic N) is 3. The Morgan fingerprint density at radius 3 is 2.39 bits per heavy atom. The van der Waals surface area contributed by atoms with Crippen LogP contribution in [0.15, 0.2) is 60.7 Å². The molecule has 0 bridgehead atoms. The SMILES string of the molecule is CC(=O)C(OC(C)(C)C)c1c(C)nc2c(-c3ccc(F)cc3)c(-c3ccccc3)nn2c1-c1cc(F)c2c(c1C)CCCO2. The number of benzene rings is 3. The Balaban J connectivity index is 1.78. The zero-order chi connectivity index (χ0) is 31.3. The number of carbonyl (C=O) groups is 1. The van der Waals surface area contributed by atoms with Crippen molar-refractivity contribution in [1.29, 1.82) is 0 Å². The van der Waals surface area contributed by atoms with E-state index in [0.717, 1.165) is 28.7 Å². The molecule has 0 radical (unpaired) electrons. The lowest BCUT2D eigenvalue weighted by Gasteiger charge is -2.29. The van der Waals surface area contributed by atoms with Gasteiger partial charge in [-0.2, -0.15) is 5.10 Å². The molecule has 0 saturated carbocycles. The van der Waals surface area contributed by atoms with Gasteiger partial charge in [-0.3, -0.25) is 4.79 Å². The fourth-order valence-electron chi connectivity index (χ4n) is 6.03. The Morgan fingerprint density at radius 1 is 1.02 bits per heavy atom. The van der Waals surface area contributed by atoms with Gasteiger partial charge in [-0.1, -0.05) is 42.5 Å². The van der Waals surface area contributed by atoms with Crippen molar-refractivity contribution in [2.24, 2.45) is 0 Å². The quantitative estimate of drug-likeness (QED) is 0.197. The van der Waals surface area contributed by atoms with Gasteiger partial charge in [0.2, 0.25) is 0 Å². The van der Waals surface area contributed by atoms with Crippen LogP contribution in [0.4, 0.5) is 8.78 Å². The molecule has 8 heteroatoms. The first-order chi connectivity index (χ1) is 20.9. The second-order valence-electron chi connectivity index (χ2n) is 12.3. The van der Waals surface area contributed by atoms with E-state index in [1.54, 1.807) is 16.6 Å². The molecule has 0 N–H and O–H groups in total. The first-order valence-corrected chi connectivity index (χ1v) is 14.8. The van der Waals surface area contributed by atoms with Crippen LogP contribution in [-0.2, 0) is 16.0 Å². The minimum Gasteiger partial charge on any atom is -0.490 e. The molecule has 0 aliphatic carbocycles. The molecular formula is C36H35F2N3O3. The number of carbonyl (C=O) groups excluding carboxylic acids is 1. The van der Waals surface area contributed by atoms with Crippen molar-refractivity contribution in [1.82, 2.24) is 14.6 Å². The van der Waals surface area contributed by atoms with Gasteiger partial charge >= 0.3 is 0 Å². The molecule has 6 rings (SSSR count). The largest absolute Gasteiger partial charge is 0.490 e. The number of ether oxygens (including phenoxy) is 2. The minimum atomic E-state index is -0.990. The van der Waals surface area contributed by atoms with Crippen LogP contribution in [0.1, 0.15) is 62.6 Å². The molecule has 0 spiro atoms. The van der Waals surface area contributed by atoms with Crippen LogP contribution in [0, 0.1) is 25.5 Å². The molecule has 3 aromatic carbocycles. The topological polar surface area (TPSA) is 65.7 Å². The molecule has 0 saturated heterocycles. The smallest absolute Gasteiger partial charge is 0.166 e. The maximum atomic E-state index is 15.8. The molecular weight excluding hydrogens is 560 g/mol. The minimum absolute atomic E-state index is 0.209. The molecule has 1 aliphatic heterocycles. The average Bonchev–Trinajstić information content (AvgIpc) is 3.36. The number of ketones is 1. The van der Waals surface area contributed by atoms with Gasteiger partial charge in [0.25, 0.3) is 0 Å². The van der Waals surface area contributed by atoms with Gasteiger partial charge in [-0.05, 0) is 83.7 Å². The third-order valence-electron chi connectivity index (χ3n) is 7.97. The van der Waals surface area contributed by atoms with E-state index in [-0.39, 0.29) is 17.3 Å². The third-order valence-corrected chi connectivity index (χ3v) is 7.97. The van der Waals surface area contributed by atoms with Crippen molar-refractivity contribution >= 4 is 11.4 Å². The summed E-state index contributed by atoms with van der Waals surface area (Å²) in [4.78, 5) is 18.3. The molecule has 226 valence electrons. The average molecular weight is 596 g/mol. The maximum absolute atomic E-state index is 15.8. The van der Waals surface area contributed by atoms with Gasteiger partial charge in [0, 0.05) is 27.9 Å². The highest BCUT2D eigenvalue weighted by Crippen LogP contribution is 2.44.